The molecule has 1 aliphatic rings. The molecule has 1 aliphatic heterocycles. The van der Waals surface area contributed by atoms with Gasteiger partial charge in [-0.05, 0) is 47.1 Å². The Bertz CT molecular complexity index is 727. The minimum Gasteiger partial charge on any atom is -0.465 e. The van der Waals surface area contributed by atoms with Gasteiger partial charge in [-0.25, -0.2) is 4.79 Å². The van der Waals surface area contributed by atoms with Gasteiger partial charge in [0.1, 0.15) is 11.5 Å². The molecule has 2 aromatic rings. The molecular weight excluding hydrogens is 418 g/mol. The van der Waals surface area contributed by atoms with Crippen LogP contribution in [0.2, 0.25) is 0 Å². The second-order valence-electron chi connectivity index (χ2n) is 6.36. The van der Waals surface area contributed by atoms with Gasteiger partial charge in [0.2, 0.25) is 0 Å². The lowest BCUT2D eigenvalue weighted by molar-refractivity contribution is 0.0119. The van der Waals surface area contributed by atoms with Crippen molar-refractivity contribution in [1.82, 2.24) is 15.1 Å². The fourth-order valence-corrected chi connectivity index (χ4v) is 4.53. The molecule has 0 bridgehead atoms. The van der Waals surface area contributed by atoms with Gasteiger partial charge < -0.3 is 19.4 Å². The normalized spacial score (nSPS) is 16.4. The number of morpholine rings is 1. The summed E-state index contributed by atoms with van der Waals surface area (Å²) < 4.78 is 12.4. The Balaban J connectivity index is 1.60. The van der Waals surface area contributed by atoms with Gasteiger partial charge in [-0.2, -0.15) is 0 Å². The topological polar surface area (TPSA) is 58.0 Å². The number of furan rings is 1. The molecule has 26 heavy (non-hydrogen) atoms. The van der Waals surface area contributed by atoms with Crippen LogP contribution in [0.25, 0.3) is 0 Å². The Kier molecular flexibility index (Phi) is 6.74. The Morgan fingerprint density at radius 3 is 2.73 bits per heavy atom. The summed E-state index contributed by atoms with van der Waals surface area (Å²) in [6.45, 7) is 6.10. The van der Waals surface area contributed by atoms with Crippen LogP contribution in [-0.4, -0.2) is 55.7 Å². The standard InChI is InChI=1S/C18H24BrN3O3S/c1-13-3-5-16(25-13)15(22-7-9-24-10-8-22)11-20-18(23)21(2)12-14-4-6-17(19)26-14/h3-6,15H,7-12H2,1-2H3,(H,20,23). The second-order valence-corrected chi connectivity index (χ2v) is 8.91. The van der Waals surface area contributed by atoms with Crippen LogP contribution in [0.1, 0.15) is 22.4 Å². The number of rotatable bonds is 6. The fraction of sp³-hybridized carbons (Fsp3) is 0.500. The highest BCUT2D eigenvalue weighted by molar-refractivity contribution is 9.11. The third kappa shape index (κ3) is 5.09. The maximum Gasteiger partial charge on any atom is 0.317 e. The van der Waals surface area contributed by atoms with Gasteiger partial charge in [-0.3, -0.25) is 4.90 Å². The molecule has 0 aromatic carbocycles. The zero-order valence-corrected chi connectivity index (χ0v) is 17.4. The first kappa shape index (κ1) is 19.4. The van der Waals surface area contributed by atoms with E-state index in [2.05, 4.69) is 26.1 Å². The minimum atomic E-state index is -0.0870. The molecule has 1 N–H and O–H groups in total. The van der Waals surface area contributed by atoms with Crippen molar-refractivity contribution >= 4 is 33.3 Å². The van der Waals surface area contributed by atoms with Gasteiger partial charge in [0.15, 0.2) is 0 Å². The summed E-state index contributed by atoms with van der Waals surface area (Å²) >= 11 is 5.09. The lowest BCUT2D eigenvalue weighted by Crippen LogP contribution is -2.45. The SMILES string of the molecule is Cc1ccc(C(CNC(=O)N(C)Cc2ccc(Br)s2)N2CCOCC2)o1. The van der Waals surface area contributed by atoms with E-state index in [0.717, 1.165) is 33.3 Å². The Morgan fingerprint density at radius 1 is 1.35 bits per heavy atom. The van der Waals surface area contributed by atoms with Gasteiger partial charge in [0.05, 0.1) is 29.6 Å². The quantitative estimate of drug-likeness (QED) is 0.743. The smallest absolute Gasteiger partial charge is 0.317 e. The number of carbonyl (C=O) groups is 1. The van der Waals surface area contributed by atoms with Crippen molar-refractivity contribution in [2.45, 2.75) is 19.5 Å². The van der Waals surface area contributed by atoms with Gasteiger partial charge in [-0.15, -0.1) is 11.3 Å². The van der Waals surface area contributed by atoms with Crippen molar-refractivity contribution in [3.63, 3.8) is 0 Å². The first-order valence-corrected chi connectivity index (χ1v) is 10.2. The van der Waals surface area contributed by atoms with Crippen molar-refractivity contribution in [2.24, 2.45) is 0 Å². The van der Waals surface area contributed by atoms with E-state index in [1.807, 2.05) is 38.2 Å². The van der Waals surface area contributed by atoms with E-state index >= 15 is 0 Å². The maximum atomic E-state index is 12.5. The molecule has 8 heteroatoms. The van der Waals surface area contributed by atoms with Crippen molar-refractivity contribution < 1.29 is 13.9 Å². The summed E-state index contributed by atoms with van der Waals surface area (Å²) in [5.74, 6) is 1.76. The zero-order valence-electron chi connectivity index (χ0n) is 15.0. The van der Waals surface area contributed by atoms with E-state index < -0.39 is 0 Å². The average Bonchev–Trinajstić information content (AvgIpc) is 3.24. The summed E-state index contributed by atoms with van der Waals surface area (Å²) in [6, 6.07) is 7.91. The Labute approximate surface area is 166 Å². The maximum absolute atomic E-state index is 12.5. The summed E-state index contributed by atoms with van der Waals surface area (Å²) in [5, 5.41) is 3.05. The molecule has 0 saturated carbocycles. The predicted molar refractivity (Wildman–Crippen MR) is 105 cm³/mol. The summed E-state index contributed by atoms with van der Waals surface area (Å²) in [6.07, 6.45) is 0. The van der Waals surface area contributed by atoms with Crippen LogP contribution in [0.4, 0.5) is 4.79 Å². The molecule has 0 spiro atoms. The Hall–Kier alpha value is -1.35. The molecule has 0 aliphatic carbocycles. The first-order valence-electron chi connectivity index (χ1n) is 8.64. The molecular formula is C18H24BrN3O3S. The van der Waals surface area contributed by atoms with E-state index in [0.29, 0.717) is 26.3 Å². The van der Waals surface area contributed by atoms with Crippen LogP contribution in [0.15, 0.2) is 32.5 Å². The van der Waals surface area contributed by atoms with E-state index in [9.17, 15) is 4.79 Å². The van der Waals surface area contributed by atoms with Crippen molar-refractivity contribution in [3.05, 3.63) is 44.4 Å². The second kappa shape index (κ2) is 9.03. The lowest BCUT2D eigenvalue weighted by atomic mass is 10.1. The number of thiophene rings is 1. The van der Waals surface area contributed by atoms with Gasteiger partial charge in [0, 0.05) is 31.6 Å². The van der Waals surface area contributed by atoms with Crippen molar-refractivity contribution in [2.75, 3.05) is 39.9 Å². The molecule has 3 rings (SSSR count). The van der Waals surface area contributed by atoms with E-state index in [1.54, 1.807) is 16.2 Å². The molecule has 2 amide bonds. The minimum absolute atomic E-state index is 0.0147. The fourth-order valence-electron chi connectivity index (χ4n) is 2.99. The zero-order chi connectivity index (χ0) is 18.5. The van der Waals surface area contributed by atoms with Gasteiger partial charge in [-0.1, -0.05) is 0 Å². The molecule has 3 heterocycles. The van der Waals surface area contributed by atoms with Crippen molar-refractivity contribution in [3.8, 4) is 0 Å². The molecule has 142 valence electrons. The number of ether oxygens (including phenoxy) is 1. The van der Waals surface area contributed by atoms with Crippen LogP contribution < -0.4 is 5.32 Å². The first-order chi connectivity index (χ1) is 12.5. The highest BCUT2D eigenvalue weighted by atomic mass is 79.9. The number of hydrogen-bond donors (Lipinski definition) is 1. The van der Waals surface area contributed by atoms with Crippen LogP contribution in [0, 0.1) is 6.92 Å². The monoisotopic (exact) mass is 441 g/mol. The van der Waals surface area contributed by atoms with E-state index in [1.165, 1.54) is 0 Å². The van der Waals surface area contributed by atoms with Crippen LogP contribution in [0.3, 0.4) is 0 Å². The molecule has 1 fully saturated rings. The van der Waals surface area contributed by atoms with Crippen LogP contribution in [-0.2, 0) is 11.3 Å². The average molecular weight is 442 g/mol. The lowest BCUT2D eigenvalue weighted by Gasteiger charge is -2.33. The molecule has 1 saturated heterocycles. The van der Waals surface area contributed by atoms with Gasteiger partial charge in [0.25, 0.3) is 0 Å². The van der Waals surface area contributed by atoms with Gasteiger partial charge >= 0.3 is 6.03 Å². The van der Waals surface area contributed by atoms with Crippen LogP contribution >= 0.6 is 27.3 Å². The molecule has 1 unspecified atom stereocenters. The van der Waals surface area contributed by atoms with Crippen LogP contribution in [0.5, 0.6) is 0 Å². The Morgan fingerprint density at radius 2 is 2.12 bits per heavy atom. The third-order valence-corrected chi connectivity index (χ3v) is 6.00. The molecule has 1 atom stereocenters. The number of nitrogens with one attached hydrogen (secondary N) is 1. The molecule has 6 nitrogen and oxygen atoms in total. The number of amides is 2. The van der Waals surface area contributed by atoms with Crippen molar-refractivity contribution in [1.29, 1.82) is 0 Å². The summed E-state index contributed by atoms with van der Waals surface area (Å²) in [7, 11) is 1.81. The summed E-state index contributed by atoms with van der Waals surface area (Å²) in [4.78, 5) is 17.7. The highest BCUT2D eigenvalue weighted by Gasteiger charge is 2.26. The number of aryl methyl sites for hydroxylation is 1. The number of carbonyl (C=O) groups excluding carboxylic acids is 1. The third-order valence-electron chi connectivity index (χ3n) is 4.39. The summed E-state index contributed by atoms with van der Waals surface area (Å²) in [5.41, 5.74) is 0. The number of hydrogen-bond acceptors (Lipinski definition) is 5. The largest absolute Gasteiger partial charge is 0.465 e. The van der Waals surface area contributed by atoms with E-state index in [-0.39, 0.29) is 12.1 Å². The molecule has 0 radical (unpaired) electrons. The highest BCUT2D eigenvalue weighted by Crippen LogP contribution is 2.24. The number of halogens is 1. The number of urea groups is 1. The predicted octanol–water partition coefficient (Wildman–Crippen LogP) is 3.63. The molecule has 2 aromatic heterocycles. The van der Waals surface area contributed by atoms with E-state index in [4.69, 9.17) is 9.15 Å². The number of nitrogens with zero attached hydrogens (tertiary/aromatic N) is 2.